The number of nitrogens with one attached hydrogen (secondary N) is 1. The molecule has 194 valence electrons. The number of halogens is 2. The van der Waals surface area contributed by atoms with Crippen molar-refractivity contribution >= 4 is 40.4 Å². The highest BCUT2D eigenvalue weighted by Gasteiger charge is 2.37. The fraction of sp³-hybridized carbons (Fsp3) is 0.565. The fourth-order valence-corrected chi connectivity index (χ4v) is 5.65. The summed E-state index contributed by atoms with van der Waals surface area (Å²) >= 11 is 2.42. The van der Waals surface area contributed by atoms with Gasteiger partial charge in [0.2, 0.25) is 5.91 Å². The molecule has 1 aliphatic carbocycles. The molecule has 0 aromatic carbocycles. The molecule has 2 aliphatic rings. The lowest BCUT2D eigenvalue weighted by molar-refractivity contribution is -0.135. The summed E-state index contributed by atoms with van der Waals surface area (Å²) in [4.78, 5) is 24.5. The first kappa shape index (κ1) is 25.3. The monoisotopic (exact) mass is 536 g/mol. The van der Waals surface area contributed by atoms with Crippen molar-refractivity contribution in [1.29, 1.82) is 0 Å². The van der Waals surface area contributed by atoms with Crippen LogP contribution >= 0.6 is 23.3 Å². The van der Waals surface area contributed by atoms with E-state index < -0.39 is 6.43 Å². The highest BCUT2D eigenvalue weighted by Crippen LogP contribution is 2.39. The summed E-state index contributed by atoms with van der Waals surface area (Å²) in [5.74, 6) is 0.623. The summed E-state index contributed by atoms with van der Waals surface area (Å²) in [5, 5.41) is 7.65. The Balaban J connectivity index is 1.45. The first-order chi connectivity index (χ1) is 17.1. The number of carbonyl (C=O) groups excluding carboxylic acids is 1. The molecular formula is C23H30F2N8OS2. The minimum atomic E-state index is -2.66. The van der Waals surface area contributed by atoms with Gasteiger partial charge in [0.1, 0.15) is 0 Å². The number of carbonyl (C=O) groups is 1. The molecule has 1 atom stereocenters. The summed E-state index contributed by atoms with van der Waals surface area (Å²) in [6.07, 6.45) is 3.32. The zero-order chi connectivity index (χ0) is 25.6. The van der Waals surface area contributed by atoms with Crippen LogP contribution in [0.25, 0.3) is 16.3 Å². The van der Waals surface area contributed by atoms with Crippen molar-refractivity contribution < 1.29 is 13.6 Å². The summed E-state index contributed by atoms with van der Waals surface area (Å²) in [6, 6.07) is 1.97. The Morgan fingerprint density at radius 2 is 1.94 bits per heavy atom. The van der Waals surface area contributed by atoms with E-state index >= 15 is 0 Å². The smallest absolute Gasteiger partial charge is 0.291 e. The van der Waals surface area contributed by atoms with Crippen molar-refractivity contribution in [3.05, 3.63) is 23.5 Å². The molecule has 0 bridgehead atoms. The van der Waals surface area contributed by atoms with Gasteiger partial charge in [-0.1, -0.05) is 11.3 Å². The number of likely N-dealkylation sites (N-methyl/N-ethyl adjacent to an activating group) is 1. The molecule has 36 heavy (non-hydrogen) atoms. The topological polar surface area (TPSA) is 81.9 Å². The summed E-state index contributed by atoms with van der Waals surface area (Å²) in [7, 11) is 3.82. The molecule has 3 aromatic heterocycles. The normalized spacial score (nSPS) is 18.4. The maximum absolute atomic E-state index is 13.1. The second-order valence-corrected chi connectivity index (χ2v) is 11.7. The summed E-state index contributed by atoms with van der Waals surface area (Å²) < 4.78 is 31.7. The van der Waals surface area contributed by atoms with Gasteiger partial charge in [-0.15, -0.1) is 10.2 Å². The van der Waals surface area contributed by atoms with Crippen LogP contribution in [0.5, 0.6) is 0 Å². The molecule has 1 aliphatic heterocycles. The molecule has 1 unspecified atom stereocenters. The van der Waals surface area contributed by atoms with E-state index in [2.05, 4.69) is 37.8 Å². The van der Waals surface area contributed by atoms with E-state index in [0.29, 0.717) is 37.0 Å². The third-order valence-corrected chi connectivity index (χ3v) is 8.87. The van der Waals surface area contributed by atoms with Crippen LogP contribution in [-0.2, 0) is 4.79 Å². The Labute approximate surface area is 217 Å². The number of imidazole rings is 1. The van der Waals surface area contributed by atoms with Gasteiger partial charge in [0.05, 0.1) is 23.4 Å². The molecule has 0 spiro atoms. The SMILES string of the molecule is CC(C(=O)N1CCN(c2cc(SNC3(C)CC3)cn3c(-c4nnc(C(F)F)s4)ncc23)CC1)N(C)C. The number of hydrogen-bond acceptors (Lipinski definition) is 9. The van der Waals surface area contributed by atoms with Crippen molar-refractivity contribution in [2.45, 2.75) is 49.6 Å². The van der Waals surface area contributed by atoms with Gasteiger partial charge >= 0.3 is 0 Å². The maximum Gasteiger partial charge on any atom is 0.291 e. The van der Waals surface area contributed by atoms with Gasteiger partial charge in [0, 0.05) is 42.8 Å². The van der Waals surface area contributed by atoms with E-state index in [0.717, 1.165) is 40.3 Å². The van der Waals surface area contributed by atoms with Crippen LogP contribution in [0.4, 0.5) is 14.5 Å². The lowest BCUT2D eigenvalue weighted by Crippen LogP contribution is -2.53. The second-order valence-electron chi connectivity index (χ2n) is 9.86. The molecule has 4 heterocycles. The van der Waals surface area contributed by atoms with Crippen LogP contribution < -0.4 is 9.62 Å². The van der Waals surface area contributed by atoms with Crippen LogP contribution in [0.3, 0.4) is 0 Å². The summed E-state index contributed by atoms with van der Waals surface area (Å²) in [5.41, 5.74) is 1.99. The molecular weight excluding hydrogens is 506 g/mol. The van der Waals surface area contributed by atoms with Crippen LogP contribution in [0.15, 0.2) is 23.4 Å². The second kappa shape index (κ2) is 9.84. The summed E-state index contributed by atoms with van der Waals surface area (Å²) in [6.45, 7) is 6.76. The van der Waals surface area contributed by atoms with Crippen LogP contribution in [-0.4, -0.2) is 87.1 Å². The minimum Gasteiger partial charge on any atom is -0.366 e. The van der Waals surface area contributed by atoms with E-state index in [1.165, 1.54) is 0 Å². The Bertz CT molecular complexity index is 1250. The average Bonchev–Trinajstić information content (AvgIpc) is 3.24. The molecule has 5 rings (SSSR count). The van der Waals surface area contributed by atoms with Crippen LogP contribution in [0, 0.1) is 0 Å². The molecule has 2 fully saturated rings. The van der Waals surface area contributed by atoms with Gasteiger partial charge < -0.3 is 9.80 Å². The highest BCUT2D eigenvalue weighted by molar-refractivity contribution is 7.97. The van der Waals surface area contributed by atoms with Crippen molar-refractivity contribution in [2.24, 2.45) is 0 Å². The third-order valence-electron chi connectivity index (χ3n) is 6.89. The van der Waals surface area contributed by atoms with Gasteiger partial charge in [-0.25, -0.2) is 13.8 Å². The minimum absolute atomic E-state index is 0.133. The number of hydrogen-bond donors (Lipinski definition) is 1. The molecule has 1 saturated heterocycles. The Morgan fingerprint density at radius 1 is 1.22 bits per heavy atom. The van der Waals surface area contributed by atoms with Crippen molar-refractivity contribution in [1.82, 2.24) is 34.1 Å². The fourth-order valence-electron chi connectivity index (χ4n) is 4.06. The van der Waals surface area contributed by atoms with E-state index in [9.17, 15) is 13.6 Å². The molecule has 1 amide bonds. The predicted octanol–water partition coefficient (Wildman–Crippen LogP) is 3.54. The molecule has 9 nitrogen and oxygen atoms in total. The van der Waals surface area contributed by atoms with E-state index in [1.807, 2.05) is 41.4 Å². The lowest BCUT2D eigenvalue weighted by Gasteiger charge is -2.38. The number of alkyl halides is 2. The van der Waals surface area contributed by atoms with Gasteiger partial charge in [0.15, 0.2) is 15.8 Å². The molecule has 13 heteroatoms. The van der Waals surface area contributed by atoms with E-state index in [1.54, 1.807) is 18.1 Å². The number of nitrogens with zero attached hydrogens (tertiary/aromatic N) is 7. The number of piperazine rings is 1. The zero-order valence-electron chi connectivity index (χ0n) is 20.7. The predicted molar refractivity (Wildman–Crippen MR) is 138 cm³/mol. The Morgan fingerprint density at radius 3 is 2.56 bits per heavy atom. The largest absolute Gasteiger partial charge is 0.366 e. The van der Waals surface area contributed by atoms with Crippen LogP contribution in [0.1, 0.15) is 38.1 Å². The number of pyridine rings is 1. The van der Waals surface area contributed by atoms with Crippen molar-refractivity contribution in [2.75, 3.05) is 45.2 Å². The first-order valence-corrected chi connectivity index (χ1v) is 13.6. The van der Waals surface area contributed by atoms with Gasteiger partial charge in [-0.3, -0.25) is 18.8 Å². The number of fused-ring (bicyclic) bond motifs is 1. The zero-order valence-corrected chi connectivity index (χ0v) is 22.4. The molecule has 3 aromatic rings. The third kappa shape index (κ3) is 5.06. The number of anilines is 1. The standard InChI is InChI=1S/C23H30F2N8OS2/c1-14(30(3)4)22(34)32-9-7-31(8-10-32)16-11-15(36-29-23(2)5-6-23)13-33-17(16)12-26-19(33)21-28-27-20(35-21)18(24)25/h11-14,18,29H,5-10H2,1-4H3. The lowest BCUT2D eigenvalue weighted by atomic mass is 10.2. The van der Waals surface area contributed by atoms with Crippen molar-refractivity contribution in [3.63, 3.8) is 0 Å². The number of aromatic nitrogens is 4. The van der Waals surface area contributed by atoms with Crippen LogP contribution in [0.2, 0.25) is 0 Å². The molecule has 1 N–H and O–H groups in total. The number of amides is 1. The van der Waals surface area contributed by atoms with Gasteiger partial charge in [-0.05, 0) is 58.8 Å². The van der Waals surface area contributed by atoms with Gasteiger partial charge in [-0.2, -0.15) is 0 Å². The molecule has 0 radical (unpaired) electrons. The quantitative estimate of drug-likeness (QED) is 0.438. The highest BCUT2D eigenvalue weighted by atomic mass is 32.2. The molecule has 1 saturated carbocycles. The average molecular weight is 537 g/mol. The number of rotatable bonds is 8. The Kier molecular flexibility index (Phi) is 6.92. The maximum atomic E-state index is 13.1. The van der Waals surface area contributed by atoms with E-state index in [-0.39, 0.29) is 22.5 Å². The van der Waals surface area contributed by atoms with E-state index in [4.69, 9.17) is 0 Å². The van der Waals surface area contributed by atoms with Crippen molar-refractivity contribution in [3.8, 4) is 10.8 Å². The Hall–Kier alpha value is -2.35. The van der Waals surface area contributed by atoms with Gasteiger partial charge in [0.25, 0.3) is 6.43 Å². The first-order valence-electron chi connectivity index (χ1n) is 11.9.